The van der Waals surface area contributed by atoms with E-state index in [-0.39, 0.29) is 0 Å². The molecule has 0 saturated carbocycles. The lowest BCUT2D eigenvalue weighted by molar-refractivity contribution is 0.536. The lowest BCUT2D eigenvalue weighted by Gasteiger charge is -2.02. The van der Waals surface area contributed by atoms with Crippen LogP contribution in [0.3, 0.4) is 0 Å². The summed E-state index contributed by atoms with van der Waals surface area (Å²) in [4.78, 5) is 0. The van der Waals surface area contributed by atoms with E-state index in [2.05, 4.69) is 18.1 Å². The summed E-state index contributed by atoms with van der Waals surface area (Å²) in [7, 11) is 0. The topological polar surface area (TPSA) is 37.3 Å². The van der Waals surface area contributed by atoms with E-state index in [1.54, 1.807) is 0 Å². The third-order valence-corrected chi connectivity index (χ3v) is 4.13. The molecule has 2 nitrogen and oxygen atoms in total. The fourth-order valence-electron chi connectivity index (χ4n) is 2.52. The van der Waals surface area contributed by atoms with Crippen molar-refractivity contribution in [3.8, 4) is 11.2 Å². The maximum absolute atomic E-state index is 10.3. The maximum Gasteiger partial charge on any atom is 0.233 e. The van der Waals surface area contributed by atoms with Gasteiger partial charge < -0.3 is 0 Å². The van der Waals surface area contributed by atoms with E-state index in [9.17, 15) is 4.21 Å². The Balaban J connectivity index is 3.03. The molecule has 0 aliphatic heterocycles. The molecule has 0 amide bonds. The molecule has 0 aromatic carbocycles. The van der Waals surface area contributed by atoms with Crippen molar-refractivity contribution < 1.29 is 8.76 Å². The van der Waals surface area contributed by atoms with Gasteiger partial charge in [-0.2, -0.15) is 0 Å². The highest BCUT2D eigenvalue weighted by atomic mass is 32.2. The van der Waals surface area contributed by atoms with Gasteiger partial charge in [-0.1, -0.05) is 96.3 Å². The fourth-order valence-corrected chi connectivity index (χ4v) is 2.75. The van der Waals surface area contributed by atoms with Crippen LogP contribution in [0.15, 0.2) is 0 Å². The molecule has 0 radical (unpaired) electrons. The van der Waals surface area contributed by atoms with Crippen molar-refractivity contribution in [1.82, 2.24) is 0 Å². The zero-order chi connectivity index (χ0) is 15.6. The van der Waals surface area contributed by atoms with E-state index in [4.69, 9.17) is 4.55 Å². The summed E-state index contributed by atoms with van der Waals surface area (Å²) in [5.74, 6) is 2.73. The largest absolute Gasteiger partial charge is 0.296 e. The van der Waals surface area contributed by atoms with Gasteiger partial charge in [0, 0.05) is 11.7 Å². The van der Waals surface area contributed by atoms with E-state index < -0.39 is 11.1 Å². The van der Waals surface area contributed by atoms with Crippen LogP contribution >= 0.6 is 0 Å². The summed E-state index contributed by atoms with van der Waals surface area (Å²) < 4.78 is 18.8. The molecule has 0 rings (SSSR count). The lowest BCUT2D eigenvalue weighted by atomic mass is 10.0. The monoisotopic (exact) mass is 314 g/mol. The molecular weight excluding hydrogens is 280 g/mol. The second-order valence-electron chi connectivity index (χ2n) is 5.87. The Morgan fingerprint density at radius 1 is 0.714 bits per heavy atom. The van der Waals surface area contributed by atoms with Crippen molar-refractivity contribution in [2.45, 2.75) is 103 Å². The van der Waals surface area contributed by atoms with Crippen LogP contribution in [0.25, 0.3) is 0 Å². The summed E-state index contributed by atoms with van der Waals surface area (Å²) >= 11 is -1.94. The Bertz CT molecular complexity index is 291. The molecule has 0 saturated heterocycles. The van der Waals surface area contributed by atoms with Gasteiger partial charge in [-0.25, -0.2) is 4.21 Å². The van der Waals surface area contributed by atoms with Crippen molar-refractivity contribution in [2.75, 3.05) is 0 Å². The SMILES string of the molecule is CCCCCCCCCCCCCCCCC#CS(=O)O. The Hall–Kier alpha value is -0.330. The number of hydrogen-bond acceptors (Lipinski definition) is 1. The number of unbranched alkanes of at least 4 members (excludes halogenated alkanes) is 14. The Morgan fingerprint density at radius 3 is 1.48 bits per heavy atom. The van der Waals surface area contributed by atoms with Gasteiger partial charge in [-0.3, -0.25) is 4.55 Å². The fraction of sp³-hybridized carbons (Fsp3) is 0.889. The highest BCUT2D eigenvalue weighted by molar-refractivity contribution is 7.84. The van der Waals surface area contributed by atoms with Gasteiger partial charge in [-0.15, -0.1) is 0 Å². The zero-order valence-electron chi connectivity index (χ0n) is 13.9. The summed E-state index contributed by atoms with van der Waals surface area (Å²) in [6.45, 7) is 2.27. The third-order valence-electron chi connectivity index (χ3n) is 3.81. The summed E-state index contributed by atoms with van der Waals surface area (Å²) in [5, 5.41) is 2.27. The van der Waals surface area contributed by atoms with Crippen molar-refractivity contribution in [3.05, 3.63) is 0 Å². The average molecular weight is 315 g/mol. The standard InChI is InChI=1S/C18H34O2S/c1-2-3-4-5-6-7-8-9-10-11-12-13-14-15-16-17-18-21(19)20/h2-16H2,1H3,(H,19,20). The van der Waals surface area contributed by atoms with Gasteiger partial charge in [0.2, 0.25) is 11.1 Å². The van der Waals surface area contributed by atoms with Crippen molar-refractivity contribution in [1.29, 1.82) is 0 Å². The first kappa shape index (κ1) is 20.7. The Kier molecular flexibility index (Phi) is 17.4. The molecule has 1 atom stereocenters. The predicted octanol–water partition coefficient (Wildman–Crippen LogP) is 6.04. The maximum atomic E-state index is 10.3. The smallest absolute Gasteiger partial charge is 0.233 e. The highest BCUT2D eigenvalue weighted by Crippen LogP contribution is 2.13. The van der Waals surface area contributed by atoms with E-state index in [0.29, 0.717) is 0 Å². The average Bonchev–Trinajstić information content (AvgIpc) is 2.46. The van der Waals surface area contributed by atoms with Crippen LogP contribution in [-0.2, 0) is 11.1 Å². The van der Waals surface area contributed by atoms with Crippen molar-refractivity contribution >= 4 is 11.1 Å². The highest BCUT2D eigenvalue weighted by Gasteiger charge is 1.93. The molecule has 0 bridgehead atoms. The molecule has 0 aliphatic carbocycles. The number of rotatable bonds is 14. The number of hydrogen-bond donors (Lipinski definition) is 1. The minimum absolute atomic E-state index is 0.754. The summed E-state index contributed by atoms with van der Waals surface area (Å²) in [6, 6.07) is 0. The first-order valence-corrected chi connectivity index (χ1v) is 9.97. The molecule has 1 N–H and O–H groups in total. The van der Waals surface area contributed by atoms with Crippen molar-refractivity contribution in [2.24, 2.45) is 0 Å². The molecular formula is C18H34O2S. The van der Waals surface area contributed by atoms with Crippen LogP contribution in [0, 0.1) is 11.2 Å². The van der Waals surface area contributed by atoms with Gasteiger partial charge in [0.1, 0.15) is 0 Å². The van der Waals surface area contributed by atoms with Gasteiger partial charge in [0.05, 0.1) is 0 Å². The summed E-state index contributed by atoms with van der Waals surface area (Å²) in [6.07, 6.45) is 19.6. The Morgan fingerprint density at radius 2 is 1.10 bits per heavy atom. The first-order valence-electron chi connectivity index (χ1n) is 8.86. The Labute approximate surface area is 134 Å². The van der Waals surface area contributed by atoms with Gasteiger partial charge in [0.15, 0.2) is 0 Å². The second-order valence-corrected chi connectivity index (χ2v) is 6.58. The molecule has 3 heteroatoms. The van der Waals surface area contributed by atoms with Crippen LogP contribution in [0.5, 0.6) is 0 Å². The lowest BCUT2D eigenvalue weighted by Crippen LogP contribution is -1.83. The minimum atomic E-state index is -1.94. The quantitative estimate of drug-likeness (QED) is 0.241. The van der Waals surface area contributed by atoms with Crippen LogP contribution in [0.4, 0.5) is 0 Å². The molecule has 0 fully saturated rings. The van der Waals surface area contributed by atoms with Gasteiger partial charge >= 0.3 is 0 Å². The molecule has 124 valence electrons. The molecule has 0 spiro atoms. The molecule has 21 heavy (non-hydrogen) atoms. The molecule has 0 aliphatic rings. The van der Waals surface area contributed by atoms with Crippen LogP contribution in [0.2, 0.25) is 0 Å². The molecule has 1 unspecified atom stereocenters. The second kappa shape index (κ2) is 17.7. The first-order chi connectivity index (χ1) is 10.3. The normalized spacial score (nSPS) is 11.9. The minimum Gasteiger partial charge on any atom is -0.296 e. The van der Waals surface area contributed by atoms with Crippen LogP contribution in [-0.4, -0.2) is 8.76 Å². The van der Waals surface area contributed by atoms with Crippen LogP contribution in [0.1, 0.15) is 103 Å². The molecule has 0 aromatic rings. The zero-order valence-corrected chi connectivity index (χ0v) is 14.7. The van der Waals surface area contributed by atoms with E-state index in [0.717, 1.165) is 12.8 Å². The van der Waals surface area contributed by atoms with Gasteiger partial charge in [0.25, 0.3) is 0 Å². The van der Waals surface area contributed by atoms with E-state index in [1.165, 1.54) is 83.5 Å². The van der Waals surface area contributed by atoms with Crippen molar-refractivity contribution in [3.63, 3.8) is 0 Å². The molecule has 0 heterocycles. The van der Waals surface area contributed by atoms with E-state index in [1.807, 2.05) is 0 Å². The predicted molar refractivity (Wildman–Crippen MR) is 93.5 cm³/mol. The molecule has 0 aromatic heterocycles. The third kappa shape index (κ3) is 19.7. The van der Waals surface area contributed by atoms with Crippen LogP contribution < -0.4 is 0 Å². The summed E-state index contributed by atoms with van der Waals surface area (Å²) in [5.41, 5.74) is 0. The van der Waals surface area contributed by atoms with E-state index >= 15 is 0 Å². The van der Waals surface area contributed by atoms with Gasteiger partial charge in [-0.05, 0) is 6.42 Å².